The van der Waals surface area contributed by atoms with Gasteiger partial charge in [-0.2, -0.15) is 0 Å². The van der Waals surface area contributed by atoms with E-state index in [0.717, 1.165) is 11.1 Å². The molecule has 0 atom stereocenters. The van der Waals surface area contributed by atoms with Crippen molar-refractivity contribution in [2.75, 3.05) is 24.8 Å². The highest BCUT2D eigenvalue weighted by molar-refractivity contribution is 7.99. The molecule has 0 radical (unpaired) electrons. The molecule has 170 valence electrons. The van der Waals surface area contributed by atoms with Crippen LogP contribution in [0.15, 0.2) is 70.7 Å². The number of hydrogen-bond donors (Lipinski definition) is 1. The van der Waals surface area contributed by atoms with E-state index in [1.807, 2.05) is 43.6 Å². The van der Waals surface area contributed by atoms with Crippen LogP contribution in [0.25, 0.3) is 22.2 Å². The molecule has 0 saturated carbocycles. The number of amides is 1. The fourth-order valence-electron chi connectivity index (χ4n) is 3.53. The van der Waals surface area contributed by atoms with Crippen LogP contribution in [-0.4, -0.2) is 39.5 Å². The molecule has 7 nitrogen and oxygen atoms in total. The van der Waals surface area contributed by atoms with Crippen molar-refractivity contribution < 1.29 is 9.53 Å². The standard InChI is InChI=1S/C24H23ClN4O3S/c1-28-14-19(16-6-4-3-5-7-16)21-22(28)23(31)29(12-13-32-2)24(27-21)33-15-20(30)26-18-10-8-17(25)9-11-18/h3-11,14H,12-13,15H2,1-2H3,(H,26,30). The van der Waals surface area contributed by atoms with Crippen LogP contribution >= 0.6 is 23.4 Å². The number of rotatable bonds is 8. The van der Waals surface area contributed by atoms with Crippen LogP contribution < -0.4 is 10.9 Å². The minimum atomic E-state index is -0.202. The Balaban J connectivity index is 1.68. The topological polar surface area (TPSA) is 78.2 Å². The van der Waals surface area contributed by atoms with Gasteiger partial charge in [0.2, 0.25) is 5.91 Å². The largest absolute Gasteiger partial charge is 0.383 e. The molecule has 0 aliphatic heterocycles. The van der Waals surface area contributed by atoms with Gasteiger partial charge in [-0.25, -0.2) is 4.98 Å². The van der Waals surface area contributed by atoms with E-state index in [1.54, 1.807) is 40.5 Å². The number of nitrogens with one attached hydrogen (secondary N) is 1. The third kappa shape index (κ3) is 5.13. The molecule has 0 aliphatic rings. The SMILES string of the molecule is COCCn1c(SCC(=O)Nc2ccc(Cl)cc2)nc2c(-c3ccccc3)cn(C)c2c1=O. The first-order valence-corrected chi connectivity index (χ1v) is 11.7. The number of fused-ring (bicyclic) bond motifs is 1. The van der Waals surface area contributed by atoms with E-state index in [9.17, 15) is 9.59 Å². The van der Waals surface area contributed by atoms with Gasteiger partial charge in [-0.15, -0.1) is 0 Å². The second-order valence-electron chi connectivity index (χ2n) is 7.40. The summed E-state index contributed by atoms with van der Waals surface area (Å²) in [6, 6.07) is 16.7. The van der Waals surface area contributed by atoms with E-state index in [4.69, 9.17) is 21.3 Å². The van der Waals surface area contributed by atoms with Crippen molar-refractivity contribution in [3.63, 3.8) is 0 Å². The molecular formula is C24H23ClN4O3S. The Morgan fingerprint density at radius 2 is 1.88 bits per heavy atom. The first-order chi connectivity index (χ1) is 16.0. The molecule has 2 aromatic heterocycles. The molecule has 1 amide bonds. The number of carbonyl (C=O) groups excluding carboxylic acids is 1. The number of halogens is 1. The molecule has 0 fully saturated rings. The second kappa shape index (κ2) is 10.2. The van der Waals surface area contributed by atoms with E-state index in [0.29, 0.717) is 40.1 Å². The Bertz CT molecular complexity index is 1330. The predicted molar refractivity (Wildman–Crippen MR) is 133 cm³/mol. The maximum Gasteiger partial charge on any atom is 0.278 e. The predicted octanol–water partition coefficient (Wildman–Crippen LogP) is 4.43. The highest BCUT2D eigenvalue weighted by atomic mass is 35.5. The number of methoxy groups -OCH3 is 1. The fourth-order valence-corrected chi connectivity index (χ4v) is 4.47. The van der Waals surface area contributed by atoms with Crippen molar-refractivity contribution >= 4 is 46.0 Å². The lowest BCUT2D eigenvalue weighted by atomic mass is 10.1. The van der Waals surface area contributed by atoms with Crippen LogP contribution in [0.5, 0.6) is 0 Å². The Kier molecular flexibility index (Phi) is 7.17. The number of aryl methyl sites for hydroxylation is 1. The van der Waals surface area contributed by atoms with Crippen molar-refractivity contribution in [3.8, 4) is 11.1 Å². The van der Waals surface area contributed by atoms with Crippen LogP contribution in [0.2, 0.25) is 5.02 Å². The maximum absolute atomic E-state index is 13.4. The first-order valence-electron chi connectivity index (χ1n) is 10.3. The Labute approximate surface area is 200 Å². The van der Waals surface area contributed by atoms with Gasteiger partial charge in [-0.05, 0) is 29.8 Å². The molecule has 1 N–H and O–H groups in total. The number of anilines is 1. The summed E-state index contributed by atoms with van der Waals surface area (Å²) in [6.07, 6.45) is 1.91. The molecule has 0 spiro atoms. The summed E-state index contributed by atoms with van der Waals surface area (Å²) in [5, 5.41) is 3.90. The zero-order valence-electron chi connectivity index (χ0n) is 18.2. The summed E-state index contributed by atoms with van der Waals surface area (Å²) >= 11 is 7.12. The number of ether oxygens (including phenoxy) is 1. The third-order valence-corrected chi connectivity index (χ3v) is 6.33. The molecule has 0 aliphatic carbocycles. The number of thioether (sulfide) groups is 1. The van der Waals surface area contributed by atoms with Gasteiger partial charge in [0, 0.05) is 36.6 Å². The lowest BCUT2D eigenvalue weighted by Gasteiger charge is -2.12. The van der Waals surface area contributed by atoms with Gasteiger partial charge in [-0.3, -0.25) is 14.2 Å². The van der Waals surface area contributed by atoms with E-state index in [-0.39, 0.29) is 17.2 Å². The van der Waals surface area contributed by atoms with Crippen LogP contribution in [0.1, 0.15) is 0 Å². The molecule has 4 rings (SSSR count). The normalized spacial score (nSPS) is 11.1. The molecule has 2 heterocycles. The average Bonchev–Trinajstić information content (AvgIpc) is 3.15. The molecule has 0 saturated heterocycles. The van der Waals surface area contributed by atoms with Gasteiger partial charge in [0.15, 0.2) is 5.16 Å². The highest BCUT2D eigenvalue weighted by Gasteiger charge is 2.19. The van der Waals surface area contributed by atoms with Gasteiger partial charge in [0.1, 0.15) is 11.0 Å². The van der Waals surface area contributed by atoms with Crippen molar-refractivity contribution in [1.82, 2.24) is 14.1 Å². The van der Waals surface area contributed by atoms with Crippen molar-refractivity contribution in [2.24, 2.45) is 7.05 Å². The highest BCUT2D eigenvalue weighted by Crippen LogP contribution is 2.29. The number of aromatic nitrogens is 3. The van der Waals surface area contributed by atoms with Crippen LogP contribution in [0.4, 0.5) is 5.69 Å². The summed E-state index contributed by atoms with van der Waals surface area (Å²) in [7, 11) is 3.42. The van der Waals surface area contributed by atoms with E-state index in [1.165, 1.54) is 11.8 Å². The first kappa shape index (κ1) is 23.1. The minimum Gasteiger partial charge on any atom is -0.383 e. The lowest BCUT2D eigenvalue weighted by molar-refractivity contribution is -0.113. The zero-order valence-corrected chi connectivity index (χ0v) is 19.8. The quantitative estimate of drug-likeness (QED) is 0.297. The third-order valence-electron chi connectivity index (χ3n) is 5.11. The second-order valence-corrected chi connectivity index (χ2v) is 8.78. The maximum atomic E-state index is 13.4. The van der Waals surface area contributed by atoms with E-state index < -0.39 is 0 Å². The summed E-state index contributed by atoms with van der Waals surface area (Å²) in [5.41, 5.74) is 3.46. The molecule has 4 aromatic rings. The zero-order chi connectivity index (χ0) is 23.4. The Morgan fingerprint density at radius 1 is 1.15 bits per heavy atom. The molecular weight excluding hydrogens is 460 g/mol. The molecule has 33 heavy (non-hydrogen) atoms. The Morgan fingerprint density at radius 3 is 2.58 bits per heavy atom. The number of benzene rings is 2. The van der Waals surface area contributed by atoms with Gasteiger partial charge in [0.25, 0.3) is 5.56 Å². The number of carbonyl (C=O) groups is 1. The summed E-state index contributed by atoms with van der Waals surface area (Å²) in [5.74, 6) is -0.104. The van der Waals surface area contributed by atoms with Crippen LogP contribution in [0, 0.1) is 0 Å². The van der Waals surface area contributed by atoms with Crippen molar-refractivity contribution in [1.29, 1.82) is 0 Å². The Hall–Kier alpha value is -3.07. The van der Waals surface area contributed by atoms with Gasteiger partial charge >= 0.3 is 0 Å². The molecule has 0 bridgehead atoms. The monoisotopic (exact) mass is 482 g/mol. The molecule has 0 unspecified atom stereocenters. The summed E-state index contributed by atoms with van der Waals surface area (Å²) in [4.78, 5) is 30.8. The molecule has 9 heteroatoms. The fraction of sp³-hybridized carbons (Fsp3) is 0.208. The summed E-state index contributed by atoms with van der Waals surface area (Å²) in [6.45, 7) is 0.693. The lowest BCUT2D eigenvalue weighted by Crippen LogP contribution is -2.27. The minimum absolute atomic E-state index is 0.0983. The van der Waals surface area contributed by atoms with Crippen molar-refractivity contribution in [2.45, 2.75) is 11.7 Å². The summed E-state index contributed by atoms with van der Waals surface area (Å²) < 4.78 is 8.57. The molecule has 2 aromatic carbocycles. The van der Waals surface area contributed by atoms with Gasteiger partial charge < -0.3 is 14.6 Å². The van der Waals surface area contributed by atoms with Gasteiger partial charge in [0.05, 0.1) is 18.9 Å². The van der Waals surface area contributed by atoms with Crippen molar-refractivity contribution in [3.05, 3.63) is 76.2 Å². The van der Waals surface area contributed by atoms with E-state index >= 15 is 0 Å². The average molecular weight is 483 g/mol. The van der Waals surface area contributed by atoms with Gasteiger partial charge in [-0.1, -0.05) is 53.7 Å². The van der Waals surface area contributed by atoms with Crippen LogP contribution in [0.3, 0.4) is 0 Å². The number of nitrogens with zero attached hydrogens (tertiary/aromatic N) is 3. The smallest absolute Gasteiger partial charge is 0.278 e. The van der Waals surface area contributed by atoms with E-state index in [2.05, 4.69) is 5.32 Å². The number of hydrogen-bond acceptors (Lipinski definition) is 5. The van der Waals surface area contributed by atoms with Crippen LogP contribution in [-0.2, 0) is 23.1 Å².